The highest BCUT2D eigenvalue weighted by atomic mass is 35.5. The summed E-state index contributed by atoms with van der Waals surface area (Å²) in [5.74, 6) is 0.209. The fraction of sp³-hybridized carbons (Fsp3) is 0.182. The summed E-state index contributed by atoms with van der Waals surface area (Å²) in [5, 5.41) is 12.4. The fourth-order valence-electron chi connectivity index (χ4n) is 1.41. The van der Waals surface area contributed by atoms with E-state index in [0.717, 1.165) is 11.1 Å². The summed E-state index contributed by atoms with van der Waals surface area (Å²) < 4.78 is 0. The number of hydrogen-bond donors (Lipinski definition) is 2. The lowest BCUT2D eigenvalue weighted by atomic mass is 10.1. The summed E-state index contributed by atoms with van der Waals surface area (Å²) in [6.07, 6.45) is 1.38. The minimum atomic E-state index is -0.255. The number of nitrogens with one attached hydrogen (secondary N) is 2. The second-order valence-electron chi connectivity index (χ2n) is 3.49. The normalized spacial score (nSPS) is 10.2. The number of hydrogen-bond acceptors (Lipinski definition) is 3. The topological polar surface area (TPSA) is 70.7 Å². The average Bonchev–Trinajstić information content (AvgIpc) is 2.90. The molecule has 0 aliphatic carbocycles. The molecule has 1 aromatic heterocycles. The molecule has 2 N–H and O–H groups in total. The van der Waals surface area contributed by atoms with Gasteiger partial charge in [-0.15, -0.1) is 11.6 Å². The maximum Gasteiger partial charge on any atom is 0.273 e. The van der Waals surface area contributed by atoms with Crippen molar-refractivity contribution in [3.8, 4) is 0 Å². The molecule has 5 nitrogen and oxygen atoms in total. The van der Waals surface area contributed by atoms with Gasteiger partial charge in [0.2, 0.25) is 0 Å². The molecule has 88 valence electrons. The van der Waals surface area contributed by atoms with Gasteiger partial charge in [-0.25, -0.2) is 0 Å². The second kappa shape index (κ2) is 5.45. The zero-order valence-electron chi connectivity index (χ0n) is 8.98. The van der Waals surface area contributed by atoms with Gasteiger partial charge in [0.05, 0.1) is 6.20 Å². The van der Waals surface area contributed by atoms with Gasteiger partial charge in [-0.2, -0.15) is 15.4 Å². The van der Waals surface area contributed by atoms with Crippen LogP contribution in [0.2, 0.25) is 0 Å². The number of benzene rings is 1. The van der Waals surface area contributed by atoms with Crippen LogP contribution in [-0.2, 0) is 12.4 Å². The van der Waals surface area contributed by atoms with E-state index in [9.17, 15) is 4.79 Å². The van der Waals surface area contributed by atoms with Gasteiger partial charge in [0.15, 0.2) is 5.69 Å². The molecule has 0 radical (unpaired) electrons. The molecule has 2 aromatic rings. The number of H-pyrrole nitrogens is 1. The van der Waals surface area contributed by atoms with Gasteiger partial charge in [-0.1, -0.05) is 24.3 Å². The zero-order valence-corrected chi connectivity index (χ0v) is 9.74. The number of carbonyl (C=O) groups excluding carboxylic acids is 1. The largest absolute Gasteiger partial charge is 0.347 e. The molecule has 0 saturated carbocycles. The Balaban J connectivity index is 1.95. The predicted molar refractivity (Wildman–Crippen MR) is 63.6 cm³/mol. The third-order valence-electron chi connectivity index (χ3n) is 2.25. The van der Waals surface area contributed by atoms with Crippen LogP contribution in [0.4, 0.5) is 0 Å². The summed E-state index contributed by atoms with van der Waals surface area (Å²) in [4.78, 5) is 11.6. The molecule has 0 atom stereocenters. The van der Waals surface area contributed by atoms with Crippen molar-refractivity contribution in [1.82, 2.24) is 20.7 Å². The molecular weight excluding hydrogens is 240 g/mol. The number of nitrogens with zero attached hydrogens (tertiary/aromatic N) is 2. The van der Waals surface area contributed by atoms with Crippen molar-refractivity contribution in [2.75, 3.05) is 0 Å². The lowest BCUT2D eigenvalue weighted by molar-refractivity contribution is 0.0946. The van der Waals surface area contributed by atoms with Crippen LogP contribution in [0.5, 0.6) is 0 Å². The van der Waals surface area contributed by atoms with Gasteiger partial charge < -0.3 is 5.32 Å². The third-order valence-corrected chi connectivity index (χ3v) is 2.56. The van der Waals surface area contributed by atoms with E-state index < -0.39 is 0 Å². The van der Waals surface area contributed by atoms with Gasteiger partial charge in [0.25, 0.3) is 5.91 Å². The smallest absolute Gasteiger partial charge is 0.273 e. The van der Waals surface area contributed by atoms with Crippen LogP contribution >= 0.6 is 11.6 Å². The molecule has 1 heterocycles. The first-order valence-corrected chi connectivity index (χ1v) is 5.61. The minimum absolute atomic E-state index is 0.255. The van der Waals surface area contributed by atoms with Gasteiger partial charge in [0, 0.05) is 12.4 Å². The zero-order chi connectivity index (χ0) is 12.1. The van der Waals surface area contributed by atoms with Crippen LogP contribution in [0, 0.1) is 0 Å². The molecule has 0 aliphatic heterocycles. The van der Waals surface area contributed by atoms with Crippen LogP contribution < -0.4 is 5.32 Å². The van der Waals surface area contributed by atoms with Gasteiger partial charge in [0.1, 0.15) is 0 Å². The molecule has 0 bridgehead atoms. The highest BCUT2D eigenvalue weighted by molar-refractivity contribution is 6.17. The molecular formula is C11H11ClN4O. The molecule has 0 saturated heterocycles. The summed E-state index contributed by atoms with van der Waals surface area (Å²) in [6, 6.07) is 7.74. The third kappa shape index (κ3) is 3.04. The van der Waals surface area contributed by atoms with E-state index >= 15 is 0 Å². The highest BCUT2D eigenvalue weighted by Crippen LogP contribution is 2.07. The Morgan fingerprint density at radius 3 is 2.94 bits per heavy atom. The van der Waals surface area contributed by atoms with E-state index in [0.29, 0.717) is 12.4 Å². The van der Waals surface area contributed by atoms with Crippen LogP contribution in [0.25, 0.3) is 0 Å². The standard InChI is InChI=1S/C11H11ClN4O/c12-5-8-2-1-3-9(4-8)6-13-11(17)10-7-14-16-15-10/h1-4,7H,5-6H2,(H,13,17)(H,14,15,16). The van der Waals surface area contributed by atoms with Crippen LogP contribution in [0.15, 0.2) is 30.5 Å². The van der Waals surface area contributed by atoms with E-state index in [1.54, 1.807) is 0 Å². The lowest BCUT2D eigenvalue weighted by Gasteiger charge is -2.04. The number of rotatable bonds is 4. The van der Waals surface area contributed by atoms with Crippen molar-refractivity contribution < 1.29 is 4.79 Å². The van der Waals surface area contributed by atoms with Crippen molar-refractivity contribution in [3.63, 3.8) is 0 Å². The quantitative estimate of drug-likeness (QED) is 0.808. The number of halogens is 1. The maximum atomic E-state index is 11.6. The summed E-state index contributed by atoms with van der Waals surface area (Å²) in [7, 11) is 0. The van der Waals surface area contributed by atoms with Crippen LogP contribution in [0.1, 0.15) is 21.6 Å². The summed E-state index contributed by atoms with van der Waals surface area (Å²) in [5.41, 5.74) is 2.30. The number of amides is 1. The second-order valence-corrected chi connectivity index (χ2v) is 3.76. The lowest BCUT2D eigenvalue weighted by Crippen LogP contribution is -2.23. The van der Waals surface area contributed by atoms with Crippen molar-refractivity contribution in [3.05, 3.63) is 47.3 Å². The maximum absolute atomic E-state index is 11.6. The molecule has 1 amide bonds. The van der Waals surface area contributed by atoms with E-state index in [4.69, 9.17) is 11.6 Å². The fourth-order valence-corrected chi connectivity index (χ4v) is 1.57. The molecule has 2 rings (SSSR count). The van der Waals surface area contributed by atoms with Crippen molar-refractivity contribution in [2.24, 2.45) is 0 Å². The number of carbonyl (C=O) groups is 1. The highest BCUT2D eigenvalue weighted by Gasteiger charge is 2.07. The Morgan fingerprint density at radius 1 is 1.41 bits per heavy atom. The first-order chi connectivity index (χ1) is 8.29. The molecule has 0 unspecified atom stereocenters. The molecule has 6 heteroatoms. The number of aromatic nitrogens is 3. The van der Waals surface area contributed by atoms with Gasteiger partial charge >= 0.3 is 0 Å². The Hall–Kier alpha value is -1.88. The predicted octanol–water partition coefficient (Wildman–Crippen LogP) is 1.47. The SMILES string of the molecule is O=C(NCc1cccc(CCl)c1)c1cn[nH]n1. The van der Waals surface area contributed by atoms with Gasteiger partial charge in [-0.05, 0) is 11.1 Å². The van der Waals surface area contributed by atoms with Crippen molar-refractivity contribution in [1.29, 1.82) is 0 Å². The number of alkyl halides is 1. The summed E-state index contributed by atoms with van der Waals surface area (Å²) in [6.45, 7) is 0.441. The average molecular weight is 251 g/mol. The number of aromatic amines is 1. The molecule has 1 aromatic carbocycles. The molecule has 0 spiro atoms. The molecule has 0 fully saturated rings. The van der Waals surface area contributed by atoms with Crippen LogP contribution in [-0.4, -0.2) is 21.3 Å². The summed E-state index contributed by atoms with van der Waals surface area (Å²) >= 11 is 5.73. The van der Waals surface area contributed by atoms with E-state index in [-0.39, 0.29) is 11.6 Å². The first-order valence-electron chi connectivity index (χ1n) is 5.07. The van der Waals surface area contributed by atoms with Gasteiger partial charge in [-0.3, -0.25) is 4.79 Å². The van der Waals surface area contributed by atoms with Crippen molar-refractivity contribution >= 4 is 17.5 Å². The Kier molecular flexibility index (Phi) is 3.72. The minimum Gasteiger partial charge on any atom is -0.347 e. The first kappa shape index (κ1) is 11.6. The Labute approximate surface area is 103 Å². The monoisotopic (exact) mass is 250 g/mol. The van der Waals surface area contributed by atoms with Crippen molar-refractivity contribution in [2.45, 2.75) is 12.4 Å². The molecule has 17 heavy (non-hydrogen) atoms. The van der Waals surface area contributed by atoms with E-state index in [2.05, 4.69) is 20.7 Å². The van der Waals surface area contributed by atoms with Crippen LogP contribution in [0.3, 0.4) is 0 Å². The Morgan fingerprint density at radius 2 is 2.24 bits per heavy atom. The molecule has 0 aliphatic rings. The van der Waals surface area contributed by atoms with E-state index in [1.165, 1.54) is 6.20 Å². The van der Waals surface area contributed by atoms with E-state index in [1.807, 2.05) is 24.3 Å². The Bertz CT molecular complexity index is 498.